The highest BCUT2D eigenvalue weighted by Crippen LogP contribution is 2.31. The van der Waals surface area contributed by atoms with Crippen molar-refractivity contribution in [3.8, 4) is 10.8 Å². The smallest absolute Gasteiger partial charge is 0.280 e. The number of anilines is 1. The van der Waals surface area contributed by atoms with E-state index in [-0.39, 0.29) is 5.91 Å². The minimum absolute atomic E-state index is 0.0220. The van der Waals surface area contributed by atoms with Crippen LogP contribution in [0.4, 0.5) is 5.82 Å². The van der Waals surface area contributed by atoms with Crippen LogP contribution in [-0.4, -0.2) is 39.0 Å². The number of thiophene rings is 1. The zero-order valence-corrected chi connectivity index (χ0v) is 17.5. The molecule has 0 aromatic carbocycles. The summed E-state index contributed by atoms with van der Waals surface area (Å²) in [6.45, 7) is 3.84. The summed E-state index contributed by atoms with van der Waals surface area (Å²) >= 11 is 1.57. The standard InChI is InChI=1S/C20H26N6O2S/c1-2-11-25(14-19-23-24-20(28-19)16-8-5-12-29-16)13-18(27)22-17-9-10-21-26(17)15-6-3-4-7-15/h5,8-10,12,15H,2-4,6-7,11,13-14H2,1H3,(H,22,27)/p+1. The zero-order valence-electron chi connectivity index (χ0n) is 16.6. The Bertz CT molecular complexity index is 913. The molecule has 29 heavy (non-hydrogen) atoms. The van der Waals surface area contributed by atoms with Gasteiger partial charge in [-0.25, -0.2) is 4.68 Å². The van der Waals surface area contributed by atoms with Gasteiger partial charge in [0, 0.05) is 6.07 Å². The lowest BCUT2D eigenvalue weighted by atomic mass is 10.2. The second kappa shape index (κ2) is 9.32. The molecular formula is C20H27N6O2S+. The molecule has 1 aliphatic carbocycles. The number of hydrogen-bond donors (Lipinski definition) is 2. The van der Waals surface area contributed by atoms with E-state index in [2.05, 4.69) is 27.5 Å². The molecule has 9 heteroatoms. The van der Waals surface area contributed by atoms with Crippen LogP contribution >= 0.6 is 11.3 Å². The number of rotatable bonds is 9. The molecule has 1 aliphatic rings. The molecule has 4 rings (SSSR count). The fourth-order valence-electron chi connectivity index (χ4n) is 3.90. The average Bonchev–Trinajstić information content (AvgIpc) is 3.48. The molecule has 1 saturated carbocycles. The molecular weight excluding hydrogens is 388 g/mol. The fraction of sp³-hybridized carbons (Fsp3) is 0.500. The highest BCUT2D eigenvalue weighted by molar-refractivity contribution is 7.13. The van der Waals surface area contributed by atoms with Crippen LogP contribution in [0.15, 0.2) is 34.2 Å². The van der Waals surface area contributed by atoms with Crippen molar-refractivity contribution in [2.45, 2.75) is 51.6 Å². The Morgan fingerprint density at radius 3 is 2.97 bits per heavy atom. The lowest BCUT2D eigenvalue weighted by Gasteiger charge is -2.18. The van der Waals surface area contributed by atoms with Gasteiger partial charge in [0.05, 0.1) is 23.7 Å². The minimum Gasteiger partial charge on any atom is -0.414 e. The molecule has 2 N–H and O–H groups in total. The summed E-state index contributed by atoms with van der Waals surface area (Å²) in [6.07, 6.45) is 7.43. The quantitative estimate of drug-likeness (QED) is 0.561. The van der Waals surface area contributed by atoms with Gasteiger partial charge in [-0.15, -0.1) is 21.5 Å². The Kier molecular flexibility index (Phi) is 6.36. The average molecular weight is 416 g/mol. The van der Waals surface area contributed by atoms with Crippen LogP contribution in [0.25, 0.3) is 10.8 Å². The number of carbonyl (C=O) groups excluding carboxylic acids is 1. The number of hydrogen-bond acceptors (Lipinski definition) is 6. The summed E-state index contributed by atoms with van der Waals surface area (Å²) in [4.78, 5) is 14.8. The Hall–Kier alpha value is -2.52. The first-order valence-electron chi connectivity index (χ1n) is 10.3. The van der Waals surface area contributed by atoms with Gasteiger partial charge in [-0.05, 0) is 30.7 Å². The third-order valence-electron chi connectivity index (χ3n) is 5.22. The van der Waals surface area contributed by atoms with Crippen LogP contribution in [0.2, 0.25) is 0 Å². The van der Waals surface area contributed by atoms with E-state index < -0.39 is 0 Å². The predicted molar refractivity (Wildman–Crippen MR) is 111 cm³/mol. The lowest BCUT2D eigenvalue weighted by molar-refractivity contribution is -0.907. The summed E-state index contributed by atoms with van der Waals surface area (Å²) in [5, 5.41) is 17.8. The number of quaternary nitrogens is 1. The van der Waals surface area contributed by atoms with E-state index >= 15 is 0 Å². The number of aromatic nitrogens is 4. The van der Waals surface area contributed by atoms with Gasteiger partial charge in [-0.3, -0.25) is 4.79 Å². The Balaban J connectivity index is 1.37. The second-order valence-corrected chi connectivity index (χ2v) is 8.43. The van der Waals surface area contributed by atoms with Crippen LogP contribution in [0.1, 0.15) is 51.0 Å². The molecule has 3 aromatic rings. The first-order valence-corrected chi connectivity index (χ1v) is 11.1. The van der Waals surface area contributed by atoms with E-state index in [9.17, 15) is 4.79 Å². The summed E-state index contributed by atoms with van der Waals surface area (Å²) < 4.78 is 7.77. The van der Waals surface area contributed by atoms with Crippen LogP contribution in [0.5, 0.6) is 0 Å². The van der Waals surface area contributed by atoms with Gasteiger partial charge >= 0.3 is 0 Å². The maximum absolute atomic E-state index is 12.7. The molecule has 8 nitrogen and oxygen atoms in total. The monoisotopic (exact) mass is 415 g/mol. The molecule has 1 amide bonds. The molecule has 3 heterocycles. The van der Waals surface area contributed by atoms with Gasteiger partial charge < -0.3 is 14.6 Å². The van der Waals surface area contributed by atoms with E-state index in [4.69, 9.17) is 4.42 Å². The van der Waals surface area contributed by atoms with Crippen molar-refractivity contribution >= 4 is 23.1 Å². The molecule has 0 bridgehead atoms. The van der Waals surface area contributed by atoms with Crippen molar-refractivity contribution in [3.05, 3.63) is 35.7 Å². The lowest BCUT2D eigenvalue weighted by Crippen LogP contribution is -3.11. The maximum atomic E-state index is 12.7. The Morgan fingerprint density at radius 1 is 1.34 bits per heavy atom. The molecule has 0 radical (unpaired) electrons. The van der Waals surface area contributed by atoms with E-state index in [0.29, 0.717) is 30.9 Å². The number of amides is 1. The number of nitrogens with zero attached hydrogens (tertiary/aromatic N) is 4. The highest BCUT2D eigenvalue weighted by atomic mass is 32.1. The molecule has 3 aromatic heterocycles. The molecule has 0 spiro atoms. The summed E-state index contributed by atoms with van der Waals surface area (Å²) in [5.74, 6) is 1.86. The summed E-state index contributed by atoms with van der Waals surface area (Å²) in [5.41, 5.74) is 0. The van der Waals surface area contributed by atoms with Crippen molar-refractivity contribution in [1.29, 1.82) is 0 Å². The van der Waals surface area contributed by atoms with Crippen molar-refractivity contribution in [2.24, 2.45) is 0 Å². The van der Waals surface area contributed by atoms with Gasteiger partial charge in [0.15, 0.2) is 13.1 Å². The van der Waals surface area contributed by atoms with E-state index in [0.717, 1.165) is 41.4 Å². The van der Waals surface area contributed by atoms with Gasteiger partial charge in [0.1, 0.15) is 5.82 Å². The molecule has 154 valence electrons. The first-order chi connectivity index (χ1) is 14.2. The summed E-state index contributed by atoms with van der Waals surface area (Å²) in [7, 11) is 0. The summed E-state index contributed by atoms with van der Waals surface area (Å²) in [6, 6.07) is 6.19. The topological polar surface area (TPSA) is 90.3 Å². The highest BCUT2D eigenvalue weighted by Gasteiger charge is 2.23. The molecule has 1 atom stereocenters. The number of nitrogens with one attached hydrogen (secondary N) is 2. The molecule has 0 saturated heterocycles. The van der Waals surface area contributed by atoms with E-state index in [1.54, 1.807) is 17.5 Å². The van der Waals surface area contributed by atoms with Crippen molar-refractivity contribution < 1.29 is 14.1 Å². The van der Waals surface area contributed by atoms with Gasteiger partial charge in [-0.2, -0.15) is 5.10 Å². The van der Waals surface area contributed by atoms with E-state index in [1.807, 2.05) is 28.3 Å². The molecule has 1 unspecified atom stereocenters. The largest absolute Gasteiger partial charge is 0.414 e. The normalized spacial score (nSPS) is 15.6. The maximum Gasteiger partial charge on any atom is 0.280 e. The SMILES string of the molecule is CCC[NH+](CC(=O)Nc1ccnn1C1CCCC1)Cc1nnc(-c2cccs2)o1. The molecule has 0 aliphatic heterocycles. The fourth-order valence-corrected chi connectivity index (χ4v) is 4.54. The Labute approximate surface area is 173 Å². The molecule has 1 fully saturated rings. The van der Waals surface area contributed by atoms with Crippen LogP contribution in [0.3, 0.4) is 0 Å². The number of carbonyl (C=O) groups is 1. The van der Waals surface area contributed by atoms with Gasteiger partial charge in [0.2, 0.25) is 0 Å². The Morgan fingerprint density at radius 2 is 2.21 bits per heavy atom. The second-order valence-electron chi connectivity index (χ2n) is 7.48. The van der Waals surface area contributed by atoms with Crippen LogP contribution in [-0.2, 0) is 11.3 Å². The first kappa shape index (κ1) is 19.8. The van der Waals surface area contributed by atoms with Crippen LogP contribution < -0.4 is 10.2 Å². The van der Waals surface area contributed by atoms with Crippen LogP contribution in [0, 0.1) is 0 Å². The predicted octanol–water partition coefficient (Wildman–Crippen LogP) is 2.54. The zero-order chi connectivity index (χ0) is 20.1. The van der Waals surface area contributed by atoms with Gasteiger partial charge in [0.25, 0.3) is 17.7 Å². The van der Waals surface area contributed by atoms with Gasteiger partial charge in [-0.1, -0.05) is 25.8 Å². The third kappa shape index (κ3) is 4.91. The van der Waals surface area contributed by atoms with E-state index in [1.165, 1.54) is 12.8 Å². The minimum atomic E-state index is -0.0220. The van der Waals surface area contributed by atoms with Crippen molar-refractivity contribution in [2.75, 3.05) is 18.4 Å². The van der Waals surface area contributed by atoms with Crippen molar-refractivity contribution in [1.82, 2.24) is 20.0 Å². The third-order valence-corrected chi connectivity index (χ3v) is 6.08. The van der Waals surface area contributed by atoms with Crippen molar-refractivity contribution in [3.63, 3.8) is 0 Å².